The van der Waals surface area contributed by atoms with Crippen molar-refractivity contribution < 1.29 is 5.11 Å². The van der Waals surface area contributed by atoms with Crippen LogP contribution in [0.15, 0.2) is 34.9 Å². The van der Waals surface area contributed by atoms with Crippen molar-refractivity contribution in [3.63, 3.8) is 0 Å². The largest absolute Gasteiger partial charge is 0.512 e. The molecule has 0 saturated heterocycles. The van der Waals surface area contributed by atoms with Gasteiger partial charge in [-0.2, -0.15) is 0 Å². The minimum atomic E-state index is -0.266. The Morgan fingerprint density at radius 1 is 1.00 bits per heavy atom. The van der Waals surface area contributed by atoms with E-state index in [1.807, 2.05) is 6.08 Å². The van der Waals surface area contributed by atoms with Crippen LogP contribution in [-0.4, -0.2) is 15.4 Å². The Hall–Kier alpha value is -0.550. The molecule has 0 fully saturated rings. The molecule has 0 aromatic carbocycles. The van der Waals surface area contributed by atoms with Crippen LogP contribution in [0.4, 0.5) is 0 Å². The minimum Gasteiger partial charge on any atom is -0.512 e. The lowest BCUT2D eigenvalue weighted by Crippen LogP contribution is -2.25. The zero-order valence-corrected chi connectivity index (χ0v) is 13.0. The predicted molar refractivity (Wildman–Crippen MR) is 79.0 cm³/mol. The van der Waals surface area contributed by atoms with Crippen LogP contribution in [0.1, 0.15) is 48.5 Å². The molecule has 0 bridgehead atoms. The first kappa shape index (κ1) is 14.5. The molecular formula is C15H25OP. The number of aliphatic hydroxyl groups is 1. The third-order valence-electron chi connectivity index (χ3n) is 2.75. The van der Waals surface area contributed by atoms with Gasteiger partial charge >= 0.3 is 0 Å². The Labute approximate surface area is 107 Å². The maximum absolute atomic E-state index is 9.55. The van der Waals surface area contributed by atoms with Gasteiger partial charge < -0.3 is 5.11 Å². The highest BCUT2D eigenvalue weighted by atomic mass is 31.1. The molecule has 2 heteroatoms. The highest BCUT2D eigenvalue weighted by Gasteiger charge is 2.36. The Morgan fingerprint density at radius 3 is 1.76 bits per heavy atom. The molecule has 0 atom stereocenters. The van der Waals surface area contributed by atoms with E-state index < -0.39 is 0 Å². The number of allylic oxidation sites excluding steroid dienone is 6. The standard InChI is InChI=1S/C15H25OP/c1-11(16)12-8-9-13(10-12)17(14(2,3)4)15(5,6)7/h8-10,16H,1-7H3. The molecule has 0 unspecified atom stereocenters. The van der Waals surface area contributed by atoms with Crippen molar-refractivity contribution in [3.05, 3.63) is 34.9 Å². The van der Waals surface area contributed by atoms with Crippen LogP contribution in [0.25, 0.3) is 0 Å². The normalized spacial score (nSPS) is 19.9. The first-order valence-corrected chi connectivity index (χ1v) is 7.47. The third-order valence-corrected chi connectivity index (χ3v) is 6.23. The molecule has 0 spiro atoms. The molecule has 17 heavy (non-hydrogen) atoms. The first-order chi connectivity index (χ1) is 7.53. The number of rotatable bonds is 1. The number of hydrogen-bond donors (Lipinski definition) is 1. The first-order valence-electron chi connectivity index (χ1n) is 6.13. The molecule has 0 aliphatic heterocycles. The zero-order valence-electron chi connectivity index (χ0n) is 12.1. The maximum Gasteiger partial charge on any atom is 0.0964 e. The number of aliphatic hydroxyl groups excluding tert-OH is 1. The molecule has 0 heterocycles. The predicted octanol–water partition coefficient (Wildman–Crippen LogP) is 5.35. The summed E-state index contributed by atoms with van der Waals surface area (Å²) in [6.07, 6.45) is 6.35. The van der Waals surface area contributed by atoms with Gasteiger partial charge in [-0.3, -0.25) is 0 Å². The fourth-order valence-corrected chi connectivity index (χ4v) is 6.63. The molecule has 1 aliphatic carbocycles. The van der Waals surface area contributed by atoms with Crippen molar-refractivity contribution in [1.82, 2.24) is 0 Å². The lowest BCUT2D eigenvalue weighted by atomic mass is 10.2. The summed E-state index contributed by atoms with van der Waals surface area (Å²) < 4.78 is 0. The molecule has 1 nitrogen and oxygen atoms in total. The van der Waals surface area contributed by atoms with Gasteiger partial charge in [-0.15, -0.1) is 0 Å². The highest BCUT2D eigenvalue weighted by molar-refractivity contribution is 7.65. The van der Waals surface area contributed by atoms with Crippen LogP contribution in [-0.2, 0) is 0 Å². The second-order valence-electron chi connectivity index (χ2n) is 6.62. The summed E-state index contributed by atoms with van der Waals surface area (Å²) >= 11 is 0. The monoisotopic (exact) mass is 252 g/mol. The fourth-order valence-electron chi connectivity index (χ4n) is 2.58. The summed E-state index contributed by atoms with van der Waals surface area (Å²) in [6.45, 7) is 15.6. The van der Waals surface area contributed by atoms with Crippen molar-refractivity contribution in [3.8, 4) is 0 Å². The fraction of sp³-hybridized carbons (Fsp3) is 0.600. The van der Waals surface area contributed by atoms with E-state index in [1.54, 1.807) is 6.92 Å². The number of hydrogen-bond acceptors (Lipinski definition) is 1. The zero-order chi connectivity index (χ0) is 13.4. The summed E-state index contributed by atoms with van der Waals surface area (Å²) in [5, 5.41) is 11.5. The smallest absolute Gasteiger partial charge is 0.0964 e. The van der Waals surface area contributed by atoms with Crippen LogP contribution < -0.4 is 0 Å². The Kier molecular flexibility index (Phi) is 3.94. The lowest BCUT2D eigenvalue weighted by Gasteiger charge is -2.42. The van der Waals surface area contributed by atoms with Crippen LogP contribution in [0.3, 0.4) is 0 Å². The second kappa shape index (κ2) is 4.61. The van der Waals surface area contributed by atoms with Crippen LogP contribution in [0, 0.1) is 0 Å². The average Bonchev–Trinajstić information content (AvgIpc) is 2.46. The SMILES string of the molecule is CC(O)=C1C=CC(P(C(C)(C)C)C(C)(C)C)=C1. The van der Waals surface area contributed by atoms with Crippen LogP contribution in [0.5, 0.6) is 0 Å². The molecule has 96 valence electrons. The van der Waals surface area contributed by atoms with Gasteiger partial charge in [0.25, 0.3) is 0 Å². The summed E-state index contributed by atoms with van der Waals surface area (Å²) in [6, 6.07) is 0. The van der Waals surface area contributed by atoms with Gasteiger partial charge in [0, 0.05) is 5.57 Å². The molecule has 0 radical (unpaired) electrons. The summed E-state index contributed by atoms with van der Waals surface area (Å²) in [5.74, 6) is 0.411. The summed E-state index contributed by atoms with van der Waals surface area (Å²) in [5.41, 5.74) is 0.959. The quantitative estimate of drug-likeness (QED) is 0.492. The molecule has 1 rings (SSSR count). The van der Waals surface area contributed by atoms with E-state index >= 15 is 0 Å². The van der Waals surface area contributed by atoms with Gasteiger partial charge in [0.2, 0.25) is 0 Å². The van der Waals surface area contributed by atoms with Gasteiger partial charge in [0.05, 0.1) is 5.76 Å². The Balaban J connectivity index is 3.18. The topological polar surface area (TPSA) is 20.2 Å². The summed E-state index contributed by atoms with van der Waals surface area (Å²) in [7, 11) is -0.266. The average molecular weight is 252 g/mol. The summed E-state index contributed by atoms with van der Waals surface area (Å²) in [4.78, 5) is 0. The molecule has 1 N–H and O–H groups in total. The van der Waals surface area contributed by atoms with E-state index in [0.717, 1.165) is 5.57 Å². The highest BCUT2D eigenvalue weighted by Crippen LogP contribution is 2.65. The molecule has 1 aliphatic rings. The molecular weight excluding hydrogens is 227 g/mol. The Morgan fingerprint density at radius 2 is 1.47 bits per heavy atom. The van der Waals surface area contributed by atoms with E-state index in [1.165, 1.54) is 5.31 Å². The van der Waals surface area contributed by atoms with E-state index in [-0.39, 0.29) is 18.2 Å². The maximum atomic E-state index is 9.55. The third kappa shape index (κ3) is 3.45. The van der Waals surface area contributed by atoms with Gasteiger partial charge in [-0.25, -0.2) is 0 Å². The van der Waals surface area contributed by atoms with Crippen molar-refractivity contribution >= 4 is 7.92 Å². The van der Waals surface area contributed by atoms with Gasteiger partial charge in [-0.1, -0.05) is 61.6 Å². The van der Waals surface area contributed by atoms with Crippen molar-refractivity contribution in [2.45, 2.75) is 58.8 Å². The van der Waals surface area contributed by atoms with Gasteiger partial charge in [0.1, 0.15) is 0 Å². The van der Waals surface area contributed by atoms with E-state index in [0.29, 0.717) is 5.76 Å². The van der Waals surface area contributed by atoms with Crippen molar-refractivity contribution in [2.75, 3.05) is 0 Å². The van der Waals surface area contributed by atoms with Gasteiger partial charge in [0.15, 0.2) is 0 Å². The molecule has 0 amide bonds. The van der Waals surface area contributed by atoms with Crippen LogP contribution in [0.2, 0.25) is 0 Å². The lowest BCUT2D eigenvalue weighted by molar-refractivity contribution is 0.411. The van der Waals surface area contributed by atoms with Crippen molar-refractivity contribution in [1.29, 1.82) is 0 Å². The molecule has 0 saturated carbocycles. The van der Waals surface area contributed by atoms with E-state index in [4.69, 9.17) is 0 Å². The van der Waals surface area contributed by atoms with Crippen molar-refractivity contribution in [2.24, 2.45) is 0 Å². The van der Waals surface area contributed by atoms with E-state index in [9.17, 15) is 5.11 Å². The molecule has 0 aromatic heterocycles. The Bertz CT molecular complexity index is 368. The van der Waals surface area contributed by atoms with Gasteiger partial charge in [-0.05, 0) is 28.6 Å². The minimum absolute atomic E-state index is 0.266. The second-order valence-corrected chi connectivity index (χ2v) is 10.5. The molecule has 0 aromatic rings. The van der Waals surface area contributed by atoms with Crippen LogP contribution >= 0.6 is 7.92 Å². The van der Waals surface area contributed by atoms with E-state index in [2.05, 4.69) is 53.7 Å².